The molecule has 0 radical (unpaired) electrons. The van der Waals surface area contributed by atoms with E-state index in [9.17, 15) is 13.6 Å². The van der Waals surface area contributed by atoms with Gasteiger partial charge in [0.25, 0.3) is 0 Å². The molecule has 21 heavy (non-hydrogen) atoms. The fourth-order valence-electron chi connectivity index (χ4n) is 3.39. The second-order valence-electron chi connectivity index (χ2n) is 5.92. The molecule has 1 aromatic carbocycles. The Balaban J connectivity index is 1.93. The van der Waals surface area contributed by atoms with Gasteiger partial charge in [-0.15, -0.1) is 0 Å². The summed E-state index contributed by atoms with van der Waals surface area (Å²) in [5.41, 5.74) is 0.0928. The maximum atomic E-state index is 13.7. The molecule has 0 unspecified atom stereocenters. The lowest BCUT2D eigenvalue weighted by Gasteiger charge is -2.25. The first kappa shape index (κ1) is 14.0. The molecule has 1 saturated carbocycles. The van der Waals surface area contributed by atoms with Crippen LogP contribution >= 0.6 is 0 Å². The maximum Gasteiger partial charge on any atom is 0.303 e. The van der Waals surface area contributed by atoms with E-state index in [4.69, 9.17) is 5.11 Å². The number of fused-ring (bicyclic) bond motifs is 1. The highest BCUT2D eigenvalue weighted by Gasteiger charge is 2.37. The number of nitrogens with one attached hydrogen (secondary N) is 1. The number of aromatic amines is 1. The smallest absolute Gasteiger partial charge is 0.303 e. The van der Waals surface area contributed by atoms with Gasteiger partial charge in [-0.25, -0.2) is 13.8 Å². The molecule has 0 saturated heterocycles. The zero-order valence-corrected chi connectivity index (χ0v) is 11.5. The summed E-state index contributed by atoms with van der Waals surface area (Å²) < 4.78 is 26.9. The number of halogens is 2. The Hall–Kier alpha value is -1.98. The van der Waals surface area contributed by atoms with E-state index in [0.29, 0.717) is 17.8 Å². The molecule has 0 bridgehead atoms. The highest BCUT2D eigenvalue weighted by Crippen LogP contribution is 2.43. The third kappa shape index (κ3) is 2.75. The van der Waals surface area contributed by atoms with Crippen LogP contribution in [0, 0.1) is 17.0 Å². The van der Waals surface area contributed by atoms with Gasteiger partial charge in [-0.05, 0) is 24.3 Å². The zero-order chi connectivity index (χ0) is 15.0. The second-order valence-corrected chi connectivity index (χ2v) is 5.92. The van der Waals surface area contributed by atoms with Gasteiger partial charge in [0.1, 0.15) is 17.2 Å². The summed E-state index contributed by atoms with van der Waals surface area (Å²) in [6.45, 7) is 0. The summed E-state index contributed by atoms with van der Waals surface area (Å²) >= 11 is 0. The molecule has 1 aliphatic rings. The van der Waals surface area contributed by atoms with Crippen LogP contribution < -0.4 is 0 Å². The van der Waals surface area contributed by atoms with Crippen LogP contribution in [0.3, 0.4) is 0 Å². The van der Waals surface area contributed by atoms with Crippen LogP contribution in [0.2, 0.25) is 0 Å². The van der Waals surface area contributed by atoms with Crippen molar-refractivity contribution in [3.63, 3.8) is 0 Å². The molecule has 1 aromatic heterocycles. The van der Waals surface area contributed by atoms with Gasteiger partial charge in [-0.2, -0.15) is 0 Å². The molecule has 0 atom stereocenters. The van der Waals surface area contributed by atoms with Gasteiger partial charge < -0.3 is 10.1 Å². The first-order valence-corrected chi connectivity index (χ1v) is 7.03. The first-order valence-electron chi connectivity index (χ1n) is 7.03. The molecule has 1 heterocycles. The third-order valence-electron chi connectivity index (χ3n) is 4.29. The van der Waals surface area contributed by atoms with Crippen LogP contribution in [0.4, 0.5) is 8.78 Å². The fraction of sp³-hybridized carbons (Fsp3) is 0.467. The van der Waals surface area contributed by atoms with E-state index in [-0.39, 0.29) is 17.4 Å². The quantitative estimate of drug-likeness (QED) is 0.908. The normalized spacial score (nSPS) is 17.4. The number of nitrogens with zero attached hydrogens (tertiary/aromatic N) is 1. The van der Waals surface area contributed by atoms with Gasteiger partial charge >= 0.3 is 5.97 Å². The number of aromatic nitrogens is 2. The summed E-state index contributed by atoms with van der Waals surface area (Å²) in [6.07, 6.45) is 4.18. The number of hydrogen-bond donors (Lipinski definition) is 2. The number of carbonyl (C=O) groups is 1. The predicted molar refractivity (Wildman–Crippen MR) is 72.9 cm³/mol. The monoisotopic (exact) mass is 294 g/mol. The summed E-state index contributed by atoms with van der Waals surface area (Å²) in [4.78, 5) is 18.2. The van der Waals surface area contributed by atoms with Crippen molar-refractivity contribution in [1.29, 1.82) is 0 Å². The number of aliphatic carboxylic acids is 1. The van der Waals surface area contributed by atoms with E-state index in [2.05, 4.69) is 9.97 Å². The molecule has 0 amide bonds. The topological polar surface area (TPSA) is 66.0 Å². The molecule has 4 nitrogen and oxygen atoms in total. The van der Waals surface area contributed by atoms with E-state index in [1.165, 1.54) is 6.07 Å². The Kier molecular flexibility index (Phi) is 3.39. The SMILES string of the molecule is O=C(O)CC1(Cc2nc3c(F)cc(F)cc3[nH]2)CCCC1. The average Bonchev–Trinajstić information content (AvgIpc) is 2.95. The van der Waals surface area contributed by atoms with Crippen LogP contribution in [0.1, 0.15) is 37.9 Å². The molecule has 2 aromatic rings. The van der Waals surface area contributed by atoms with Crippen molar-refractivity contribution >= 4 is 17.0 Å². The van der Waals surface area contributed by atoms with Crippen LogP contribution in [-0.4, -0.2) is 21.0 Å². The average molecular weight is 294 g/mol. The summed E-state index contributed by atoms with van der Waals surface area (Å²) in [5, 5.41) is 9.10. The standard InChI is InChI=1S/C15H16F2N2O2/c16-9-5-10(17)14-11(6-9)18-12(19-14)7-15(8-13(20)21)3-1-2-4-15/h5-6H,1-4,7-8H2,(H,18,19)(H,20,21). The van der Waals surface area contributed by atoms with Gasteiger partial charge in [-0.1, -0.05) is 12.8 Å². The Bertz CT molecular complexity index is 690. The van der Waals surface area contributed by atoms with Crippen molar-refractivity contribution in [1.82, 2.24) is 9.97 Å². The minimum absolute atomic E-state index is 0.0842. The second kappa shape index (κ2) is 5.09. The number of imidazole rings is 1. The lowest BCUT2D eigenvalue weighted by Crippen LogP contribution is -2.24. The molecule has 112 valence electrons. The van der Waals surface area contributed by atoms with Gasteiger partial charge in [0.05, 0.1) is 11.9 Å². The van der Waals surface area contributed by atoms with Gasteiger partial charge in [-0.3, -0.25) is 4.79 Å². The van der Waals surface area contributed by atoms with Crippen molar-refractivity contribution in [2.24, 2.45) is 5.41 Å². The minimum Gasteiger partial charge on any atom is -0.481 e. The molecule has 0 aliphatic heterocycles. The van der Waals surface area contributed by atoms with Crippen LogP contribution in [0.15, 0.2) is 12.1 Å². The predicted octanol–water partition coefficient (Wildman–Crippen LogP) is 3.42. The number of carboxylic acid groups (broad SMARTS) is 1. The molecular weight excluding hydrogens is 278 g/mol. The van der Waals surface area contributed by atoms with Crippen molar-refractivity contribution < 1.29 is 18.7 Å². The summed E-state index contributed by atoms with van der Waals surface area (Å²) in [7, 11) is 0. The number of benzene rings is 1. The molecule has 2 N–H and O–H groups in total. The van der Waals surface area contributed by atoms with Gasteiger partial charge in [0.15, 0.2) is 5.82 Å². The van der Waals surface area contributed by atoms with E-state index in [1.807, 2.05) is 0 Å². The number of hydrogen-bond acceptors (Lipinski definition) is 2. The number of rotatable bonds is 4. The molecule has 1 aliphatic carbocycles. The third-order valence-corrected chi connectivity index (χ3v) is 4.29. The van der Waals surface area contributed by atoms with Gasteiger partial charge in [0, 0.05) is 12.5 Å². The summed E-state index contributed by atoms with van der Waals surface area (Å²) in [5.74, 6) is -1.66. The van der Waals surface area contributed by atoms with E-state index in [0.717, 1.165) is 31.7 Å². The van der Waals surface area contributed by atoms with E-state index < -0.39 is 17.6 Å². The molecule has 6 heteroatoms. The fourth-order valence-corrected chi connectivity index (χ4v) is 3.39. The molecular formula is C15H16F2N2O2. The minimum atomic E-state index is -0.828. The first-order chi connectivity index (χ1) is 9.97. The number of carboxylic acids is 1. The zero-order valence-electron chi connectivity index (χ0n) is 11.5. The maximum absolute atomic E-state index is 13.7. The highest BCUT2D eigenvalue weighted by atomic mass is 19.1. The Morgan fingerprint density at radius 1 is 1.33 bits per heavy atom. The lowest BCUT2D eigenvalue weighted by atomic mass is 9.79. The Morgan fingerprint density at radius 3 is 2.71 bits per heavy atom. The van der Waals surface area contributed by atoms with Gasteiger partial charge in [0.2, 0.25) is 0 Å². The van der Waals surface area contributed by atoms with Crippen LogP contribution in [-0.2, 0) is 11.2 Å². The van der Waals surface area contributed by atoms with Crippen molar-refractivity contribution in [3.05, 3.63) is 29.6 Å². The Morgan fingerprint density at radius 2 is 2.05 bits per heavy atom. The van der Waals surface area contributed by atoms with Crippen molar-refractivity contribution in [2.75, 3.05) is 0 Å². The largest absolute Gasteiger partial charge is 0.481 e. The van der Waals surface area contributed by atoms with Crippen molar-refractivity contribution in [3.8, 4) is 0 Å². The Labute approximate surface area is 120 Å². The molecule has 1 fully saturated rings. The van der Waals surface area contributed by atoms with Crippen LogP contribution in [0.25, 0.3) is 11.0 Å². The van der Waals surface area contributed by atoms with E-state index >= 15 is 0 Å². The highest BCUT2D eigenvalue weighted by molar-refractivity contribution is 5.75. The van der Waals surface area contributed by atoms with Crippen molar-refractivity contribution in [2.45, 2.75) is 38.5 Å². The van der Waals surface area contributed by atoms with E-state index in [1.54, 1.807) is 0 Å². The molecule has 0 spiro atoms. The molecule has 3 rings (SSSR count). The van der Waals surface area contributed by atoms with Crippen LogP contribution in [0.5, 0.6) is 0 Å². The number of H-pyrrole nitrogens is 1. The lowest BCUT2D eigenvalue weighted by molar-refractivity contribution is -0.139. The summed E-state index contributed by atoms with van der Waals surface area (Å²) in [6, 6.07) is 2.00.